The second kappa shape index (κ2) is 4.64. The van der Waals surface area contributed by atoms with E-state index >= 15 is 0 Å². The fourth-order valence-electron chi connectivity index (χ4n) is 1.71. The fourth-order valence-corrected chi connectivity index (χ4v) is 1.93. The number of halogens is 1. The molecule has 0 aliphatic carbocycles. The van der Waals surface area contributed by atoms with Gasteiger partial charge < -0.3 is 10.6 Å². The molecule has 1 saturated heterocycles. The van der Waals surface area contributed by atoms with E-state index in [0.29, 0.717) is 18.0 Å². The highest BCUT2D eigenvalue weighted by Gasteiger charge is 2.21. The molecule has 2 N–H and O–H groups in total. The molecule has 3 nitrogen and oxygen atoms in total. The van der Waals surface area contributed by atoms with Gasteiger partial charge in [0.05, 0.1) is 6.04 Å². The number of rotatable bonds is 2. The normalized spacial score (nSPS) is 21.1. The van der Waals surface area contributed by atoms with E-state index in [9.17, 15) is 4.79 Å². The molecule has 1 aromatic rings. The molecule has 1 aliphatic heterocycles. The number of amides is 1. The number of hydrogen-bond donors (Lipinski definition) is 2. The van der Waals surface area contributed by atoms with Crippen LogP contribution in [0, 0.1) is 0 Å². The van der Waals surface area contributed by atoms with Gasteiger partial charge in [-0.1, -0.05) is 23.7 Å². The summed E-state index contributed by atoms with van der Waals surface area (Å²) in [5.74, 6) is 0.0706. The van der Waals surface area contributed by atoms with E-state index in [4.69, 9.17) is 11.6 Å². The zero-order chi connectivity index (χ0) is 10.7. The minimum Gasteiger partial charge on any atom is -0.353 e. The van der Waals surface area contributed by atoms with E-state index < -0.39 is 0 Å². The number of nitrogens with one attached hydrogen (secondary N) is 2. The maximum Gasteiger partial charge on any atom is 0.237 e. The second-order valence-corrected chi connectivity index (χ2v) is 4.07. The zero-order valence-electron chi connectivity index (χ0n) is 8.29. The van der Waals surface area contributed by atoms with Crippen molar-refractivity contribution >= 4 is 17.5 Å². The molecule has 1 aromatic carbocycles. The van der Waals surface area contributed by atoms with Crippen LogP contribution in [0.15, 0.2) is 24.3 Å². The van der Waals surface area contributed by atoms with Gasteiger partial charge >= 0.3 is 0 Å². The van der Waals surface area contributed by atoms with Crippen molar-refractivity contribution in [2.75, 3.05) is 13.1 Å². The standard InChI is InChI=1S/C11H13ClN2O/c12-9-3-1-2-8(6-9)7-10-11(15)14-5-4-13-10/h1-3,6,10,13H,4-5,7H2,(H,14,15). The summed E-state index contributed by atoms with van der Waals surface area (Å²) in [6.07, 6.45) is 0.687. The maximum atomic E-state index is 11.5. The van der Waals surface area contributed by atoms with Gasteiger partial charge in [-0.15, -0.1) is 0 Å². The van der Waals surface area contributed by atoms with Crippen LogP contribution in [0.3, 0.4) is 0 Å². The highest BCUT2D eigenvalue weighted by atomic mass is 35.5. The summed E-state index contributed by atoms with van der Waals surface area (Å²) < 4.78 is 0. The van der Waals surface area contributed by atoms with Crippen LogP contribution in [0.2, 0.25) is 5.02 Å². The smallest absolute Gasteiger partial charge is 0.237 e. The Kier molecular flexibility index (Phi) is 3.23. The zero-order valence-corrected chi connectivity index (χ0v) is 9.05. The van der Waals surface area contributed by atoms with Crippen molar-refractivity contribution in [3.05, 3.63) is 34.9 Å². The van der Waals surface area contributed by atoms with Crippen molar-refractivity contribution < 1.29 is 4.79 Å². The lowest BCUT2D eigenvalue weighted by atomic mass is 10.0. The molecule has 4 heteroatoms. The third-order valence-corrected chi connectivity index (χ3v) is 2.70. The van der Waals surface area contributed by atoms with Crippen molar-refractivity contribution in [3.63, 3.8) is 0 Å². The Morgan fingerprint density at radius 1 is 1.40 bits per heavy atom. The van der Waals surface area contributed by atoms with E-state index in [1.165, 1.54) is 0 Å². The summed E-state index contributed by atoms with van der Waals surface area (Å²) in [5.41, 5.74) is 1.08. The van der Waals surface area contributed by atoms with Gasteiger partial charge in [-0.2, -0.15) is 0 Å². The van der Waals surface area contributed by atoms with E-state index in [1.54, 1.807) is 0 Å². The predicted octanol–water partition coefficient (Wildman–Crippen LogP) is 0.970. The molecule has 1 unspecified atom stereocenters. The molecule has 0 bridgehead atoms. The number of hydrogen-bond acceptors (Lipinski definition) is 2. The Hall–Kier alpha value is -1.06. The first-order valence-electron chi connectivity index (χ1n) is 5.01. The molecule has 1 aliphatic rings. The van der Waals surface area contributed by atoms with Crippen LogP contribution < -0.4 is 10.6 Å². The van der Waals surface area contributed by atoms with Gasteiger partial charge in [-0.25, -0.2) is 0 Å². The minimum atomic E-state index is -0.128. The van der Waals surface area contributed by atoms with Gasteiger partial charge in [0.15, 0.2) is 0 Å². The van der Waals surface area contributed by atoms with Crippen LogP contribution in [0.5, 0.6) is 0 Å². The molecule has 1 fully saturated rings. The lowest BCUT2D eigenvalue weighted by Crippen LogP contribution is -2.53. The number of carbonyl (C=O) groups is 1. The Morgan fingerprint density at radius 2 is 2.27 bits per heavy atom. The number of piperazine rings is 1. The topological polar surface area (TPSA) is 41.1 Å². The molecule has 1 amide bonds. The summed E-state index contributed by atoms with van der Waals surface area (Å²) in [6.45, 7) is 1.54. The molecular weight excluding hydrogens is 212 g/mol. The lowest BCUT2D eigenvalue weighted by Gasteiger charge is -2.23. The van der Waals surface area contributed by atoms with Crippen LogP contribution in [0.25, 0.3) is 0 Å². The van der Waals surface area contributed by atoms with Crippen molar-refractivity contribution in [2.45, 2.75) is 12.5 Å². The van der Waals surface area contributed by atoms with E-state index in [2.05, 4.69) is 10.6 Å². The van der Waals surface area contributed by atoms with Crippen molar-refractivity contribution in [2.24, 2.45) is 0 Å². The molecular formula is C11H13ClN2O. The molecule has 0 aromatic heterocycles. The summed E-state index contributed by atoms with van der Waals surface area (Å²) in [6, 6.07) is 7.48. The van der Waals surface area contributed by atoms with Crippen LogP contribution >= 0.6 is 11.6 Å². The van der Waals surface area contributed by atoms with Crippen molar-refractivity contribution in [1.29, 1.82) is 0 Å². The Morgan fingerprint density at radius 3 is 3.00 bits per heavy atom. The first-order valence-corrected chi connectivity index (χ1v) is 5.39. The van der Waals surface area contributed by atoms with E-state index in [0.717, 1.165) is 12.1 Å². The fraction of sp³-hybridized carbons (Fsp3) is 0.364. The lowest BCUT2D eigenvalue weighted by molar-refractivity contribution is -0.124. The van der Waals surface area contributed by atoms with Gasteiger partial charge in [0.25, 0.3) is 0 Å². The average molecular weight is 225 g/mol. The monoisotopic (exact) mass is 224 g/mol. The van der Waals surface area contributed by atoms with Gasteiger partial charge in [-0.05, 0) is 24.1 Å². The molecule has 0 radical (unpaired) electrons. The largest absolute Gasteiger partial charge is 0.353 e. The molecule has 1 atom stereocenters. The third kappa shape index (κ3) is 2.70. The highest BCUT2D eigenvalue weighted by Crippen LogP contribution is 2.12. The van der Waals surface area contributed by atoms with Gasteiger partial charge in [0.1, 0.15) is 0 Å². The second-order valence-electron chi connectivity index (χ2n) is 3.63. The van der Waals surface area contributed by atoms with E-state index in [1.807, 2.05) is 24.3 Å². The highest BCUT2D eigenvalue weighted by molar-refractivity contribution is 6.30. The third-order valence-electron chi connectivity index (χ3n) is 2.46. The quantitative estimate of drug-likeness (QED) is 0.786. The Labute approximate surface area is 93.8 Å². The van der Waals surface area contributed by atoms with Gasteiger partial charge in [0.2, 0.25) is 5.91 Å². The van der Waals surface area contributed by atoms with Crippen LogP contribution in [-0.4, -0.2) is 25.0 Å². The van der Waals surface area contributed by atoms with Gasteiger partial charge in [0, 0.05) is 18.1 Å². The number of benzene rings is 1. The Balaban J connectivity index is 2.04. The first kappa shape index (κ1) is 10.5. The predicted molar refractivity (Wildman–Crippen MR) is 60.0 cm³/mol. The molecule has 0 spiro atoms. The van der Waals surface area contributed by atoms with Gasteiger partial charge in [-0.3, -0.25) is 4.79 Å². The summed E-state index contributed by atoms with van der Waals surface area (Å²) in [4.78, 5) is 11.5. The summed E-state index contributed by atoms with van der Waals surface area (Å²) in [5, 5.41) is 6.73. The molecule has 0 saturated carbocycles. The van der Waals surface area contributed by atoms with Crippen LogP contribution in [-0.2, 0) is 11.2 Å². The van der Waals surface area contributed by atoms with E-state index in [-0.39, 0.29) is 11.9 Å². The van der Waals surface area contributed by atoms with Crippen molar-refractivity contribution in [1.82, 2.24) is 10.6 Å². The molecule has 2 rings (SSSR count). The van der Waals surface area contributed by atoms with Crippen LogP contribution in [0.1, 0.15) is 5.56 Å². The first-order chi connectivity index (χ1) is 7.25. The minimum absolute atomic E-state index is 0.0706. The summed E-state index contributed by atoms with van der Waals surface area (Å²) in [7, 11) is 0. The maximum absolute atomic E-state index is 11.5. The molecule has 1 heterocycles. The van der Waals surface area contributed by atoms with Crippen LogP contribution in [0.4, 0.5) is 0 Å². The Bertz CT molecular complexity index is 367. The molecule has 80 valence electrons. The van der Waals surface area contributed by atoms with Crippen molar-refractivity contribution in [3.8, 4) is 0 Å². The molecule has 15 heavy (non-hydrogen) atoms. The number of carbonyl (C=O) groups excluding carboxylic acids is 1. The summed E-state index contributed by atoms with van der Waals surface area (Å²) >= 11 is 5.88. The SMILES string of the molecule is O=C1NCCNC1Cc1cccc(Cl)c1. The average Bonchev–Trinajstić information content (AvgIpc) is 2.22.